The number of aryl methyl sites for hydroxylation is 2. The lowest BCUT2D eigenvalue weighted by Crippen LogP contribution is -2.49. The highest BCUT2D eigenvalue weighted by Gasteiger charge is 2.51. The fourth-order valence-corrected chi connectivity index (χ4v) is 4.78. The molecule has 0 amide bonds. The van der Waals surface area contributed by atoms with E-state index in [-0.39, 0.29) is 17.5 Å². The molecule has 0 radical (unpaired) electrons. The van der Waals surface area contributed by atoms with Gasteiger partial charge < -0.3 is 10.2 Å². The van der Waals surface area contributed by atoms with Crippen LogP contribution in [0.1, 0.15) is 42.0 Å². The van der Waals surface area contributed by atoms with Crippen molar-refractivity contribution in [2.45, 2.75) is 45.2 Å². The van der Waals surface area contributed by atoms with Gasteiger partial charge in [-0.3, -0.25) is 0 Å². The summed E-state index contributed by atoms with van der Waals surface area (Å²) in [5.41, 5.74) is 4.52. The number of fused-ring (bicyclic) bond motifs is 1. The Labute approximate surface area is 151 Å². The Hall–Kier alpha value is -2.09. The molecule has 1 aromatic carbocycles. The van der Waals surface area contributed by atoms with E-state index in [0.29, 0.717) is 0 Å². The van der Waals surface area contributed by atoms with Crippen molar-refractivity contribution in [1.82, 2.24) is 10.2 Å². The van der Waals surface area contributed by atoms with Gasteiger partial charge in [-0.2, -0.15) is 0 Å². The second-order valence-corrected chi connectivity index (χ2v) is 7.47. The number of carbonyl (C=O) groups excluding carboxylic acids is 1. The molecular weight excluding hydrogens is 308 g/mol. The van der Waals surface area contributed by atoms with E-state index in [1.165, 1.54) is 16.7 Å². The van der Waals surface area contributed by atoms with E-state index in [1.54, 1.807) is 0 Å². The molecule has 0 aromatic heterocycles. The molecule has 2 atom stereocenters. The summed E-state index contributed by atoms with van der Waals surface area (Å²) in [7, 11) is 0. The Morgan fingerprint density at radius 3 is 2.64 bits per heavy atom. The van der Waals surface area contributed by atoms with Crippen molar-refractivity contribution >= 4 is 5.94 Å². The molecule has 2 fully saturated rings. The van der Waals surface area contributed by atoms with Crippen LogP contribution in [0.2, 0.25) is 0 Å². The molecule has 2 aliphatic rings. The molecule has 2 aliphatic heterocycles. The zero-order valence-corrected chi connectivity index (χ0v) is 15.3. The van der Waals surface area contributed by atoms with Crippen molar-refractivity contribution in [3.63, 3.8) is 0 Å². The zero-order valence-electron chi connectivity index (χ0n) is 15.3. The fraction of sp³-hybridized carbons (Fsp3) is 0.455. The highest BCUT2D eigenvalue weighted by Crippen LogP contribution is 2.52. The normalized spacial score (nSPS) is 24.6. The number of nitrogens with zero attached hydrogens (tertiary/aromatic N) is 1. The summed E-state index contributed by atoms with van der Waals surface area (Å²) in [5, 5.41) is 3.70. The fourth-order valence-electron chi connectivity index (χ4n) is 4.78. The van der Waals surface area contributed by atoms with Crippen LogP contribution in [-0.2, 0) is 4.79 Å². The maximum atomic E-state index is 11.9. The van der Waals surface area contributed by atoms with E-state index >= 15 is 0 Å². The van der Waals surface area contributed by atoms with Gasteiger partial charge in [0, 0.05) is 24.5 Å². The van der Waals surface area contributed by atoms with Gasteiger partial charge in [0.2, 0.25) is 0 Å². The Kier molecular flexibility index (Phi) is 4.99. The number of rotatable bonds is 5. The second-order valence-electron chi connectivity index (χ2n) is 7.47. The standard InChI is InChI=1S/C22H28N2O/c1-5-9-22(10-6-2)14-19-21(18-8-7-16(3)13-17(18)4)23-11-12-24(19)20(22)15-25/h5-8,13,19,21,23H,1-2,9-12,14H2,3-4H3. The summed E-state index contributed by atoms with van der Waals surface area (Å²) in [6, 6.07) is 7.15. The smallest absolute Gasteiger partial charge is 0.146 e. The number of hydrogen-bond donors (Lipinski definition) is 1. The Bertz CT molecular complexity index is 720. The molecule has 1 N–H and O–H groups in total. The molecule has 0 spiro atoms. The molecular formula is C22H28N2O. The molecule has 3 nitrogen and oxygen atoms in total. The van der Waals surface area contributed by atoms with Gasteiger partial charge in [-0.15, -0.1) is 13.2 Å². The third kappa shape index (κ3) is 2.99. The first-order chi connectivity index (χ1) is 12.1. The molecule has 2 heterocycles. The van der Waals surface area contributed by atoms with Crippen molar-refractivity contribution in [3.8, 4) is 0 Å². The Morgan fingerprint density at radius 1 is 1.32 bits per heavy atom. The molecule has 132 valence electrons. The van der Waals surface area contributed by atoms with E-state index in [9.17, 15) is 4.79 Å². The summed E-state index contributed by atoms with van der Waals surface area (Å²) < 4.78 is 0. The summed E-state index contributed by atoms with van der Waals surface area (Å²) in [4.78, 5) is 14.2. The largest absolute Gasteiger partial charge is 0.359 e. The third-order valence-corrected chi connectivity index (χ3v) is 5.82. The van der Waals surface area contributed by atoms with E-state index in [4.69, 9.17) is 0 Å². The highest BCUT2D eigenvalue weighted by molar-refractivity contribution is 5.57. The van der Waals surface area contributed by atoms with Gasteiger partial charge >= 0.3 is 0 Å². The monoisotopic (exact) mass is 336 g/mol. The van der Waals surface area contributed by atoms with Gasteiger partial charge in [0.15, 0.2) is 0 Å². The predicted octanol–water partition coefficient (Wildman–Crippen LogP) is 3.88. The van der Waals surface area contributed by atoms with E-state index in [2.05, 4.69) is 61.4 Å². The first-order valence-electron chi connectivity index (χ1n) is 9.11. The van der Waals surface area contributed by atoms with Crippen molar-refractivity contribution in [2.75, 3.05) is 13.1 Å². The number of nitrogens with one attached hydrogen (secondary N) is 1. The molecule has 0 saturated carbocycles. The molecule has 2 saturated heterocycles. The van der Waals surface area contributed by atoms with Crippen LogP contribution >= 0.6 is 0 Å². The molecule has 3 heteroatoms. The molecule has 0 aliphatic carbocycles. The van der Waals surface area contributed by atoms with Gasteiger partial charge in [-0.1, -0.05) is 35.9 Å². The van der Waals surface area contributed by atoms with Crippen LogP contribution in [0.5, 0.6) is 0 Å². The SMILES string of the molecule is C=CCC1(CC=C)CC2C(c3ccc(C)cc3C)NCCN2C1=C=O. The second kappa shape index (κ2) is 7.03. The number of piperazine rings is 1. The zero-order chi connectivity index (χ0) is 18.0. The van der Waals surface area contributed by atoms with Crippen LogP contribution in [0, 0.1) is 19.3 Å². The first kappa shape index (κ1) is 17.7. The molecule has 2 unspecified atom stereocenters. The highest BCUT2D eigenvalue weighted by atomic mass is 16.1. The minimum atomic E-state index is -0.210. The minimum absolute atomic E-state index is 0.210. The lowest BCUT2D eigenvalue weighted by Gasteiger charge is -2.39. The number of allylic oxidation sites excluding steroid dienone is 3. The summed E-state index contributed by atoms with van der Waals surface area (Å²) in [6.07, 6.45) is 6.37. The van der Waals surface area contributed by atoms with Crippen LogP contribution < -0.4 is 5.32 Å². The van der Waals surface area contributed by atoms with Crippen LogP contribution in [0.4, 0.5) is 0 Å². The molecule has 0 bridgehead atoms. The minimum Gasteiger partial charge on any atom is -0.359 e. The maximum absolute atomic E-state index is 11.9. The van der Waals surface area contributed by atoms with E-state index in [1.807, 2.05) is 12.2 Å². The topological polar surface area (TPSA) is 32.3 Å². The predicted molar refractivity (Wildman–Crippen MR) is 103 cm³/mol. The lowest BCUT2D eigenvalue weighted by molar-refractivity contribution is 0.189. The van der Waals surface area contributed by atoms with Crippen LogP contribution in [-0.4, -0.2) is 30.0 Å². The number of hydrogen-bond acceptors (Lipinski definition) is 3. The van der Waals surface area contributed by atoms with Gasteiger partial charge in [0.25, 0.3) is 0 Å². The maximum Gasteiger partial charge on any atom is 0.146 e. The van der Waals surface area contributed by atoms with Gasteiger partial charge in [0.1, 0.15) is 11.6 Å². The van der Waals surface area contributed by atoms with Crippen LogP contribution in [0.25, 0.3) is 0 Å². The van der Waals surface area contributed by atoms with Crippen LogP contribution in [0.3, 0.4) is 0 Å². The van der Waals surface area contributed by atoms with Gasteiger partial charge in [0.05, 0.1) is 6.04 Å². The first-order valence-corrected chi connectivity index (χ1v) is 9.11. The molecule has 3 rings (SSSR count). The third-order valence-electron chi connectivity index (χ3n) is 5.82. The van der Waals surface area contributed by atoms with E-state index < -0.39 is 0 Å². The van der Waals surface area contributed by atoms with Crippen molar-refractivity contribution in [2.24, 2.45) is 5.41 Å². The van der Waals surface area contributed by atoms with Crippen LogP contribution in [0.15, 0.2) is 49.2 Å². The molecule has 1 aromatic rings. The van der Waals surface area contributed by atoms with Crippen molar-refractivity contribution in [1.29, 1.82) is 0 Å². The summed E-state index contributed by atoms with van der Waals surface area (Å²) >= 11 is 0. The quantitative estimate of drug-likeness (QED) is 0.654. The summed E-state index contributed by atoms with van der Waals surface area (Å²) in [6.45, 7) is 13.9. The van der Waals surface area contributed by atoms with Gasteiger partial charge in [-0.25, -0.2) is 4.79 Å². The average Bonchev–Trinajstić information content (AvgIpc) is 2.88. The molecule has 25 heavy (non-hydrogen) atoms. The lowest BCUT2D eigenvalue weighted by atomic mass is 9.75. The number of benzene rings is 1. The van der Waals surface area contributed by atoms with E-state index in [0.717, 1.165) is 38.0 Å². The van der Waals surface area contributed by atoms with Crippen molar-refractivity contribution < 1.29 is 4.79 Å². The summed E-state index contributed by atoms with van der Waals surface area (Å²) in [5.74, 6) is 2.29. The van der Waals surface area contributed by atoms with Gasteiger partial charge in [-0.05, 0) is 44.2 Å². The average molecular weight is 336 g/mol. The Morgan fingerprint density at radius 2 is 2.04 bits per heavy atom. The van der Waals surface area contributed by atoms with Crippen molar-refractivity contribution in [3.05, 3.63) is 65.9 Å². The Balaban J connectivity index is 2.02.